The molecule has 2 aromatic heterocycles. The van der Waals surface area contributed by atoms with Crippen LogP contribution in [0.2, 0.25) is 0 Å². The normalized spacial score (nSPS) is 12.4. The van der Waals surface area contributed by atoms with Crippen molar-refractivity contribution in [2.75, 3.05) is 6.54 Å². The van der Waals surface area contributed by atoms with Crippen molar-refractivity contribution in [2.24, 2.45) is 0 Å². The fourth-order valence-corrected chi connectivity index (χ4v) is 1.76. The Morgan fingerprint density at radius 3 is 2.43 bits per heavy atom. The van der Waals surface area contributed by atoms with E-state index in [1.165, 1.54) is 24.5 Å². The van der Waals surface area contributed by atoms with E-state index in [-0.39, 0.29) is 0 Å². The highest BCUT2D eigenvalue weighted by molar-refractivity contribution is 5.77. The molecule has 108 valence electrons. The fourth-order valence-electron chi connectivity index (χ4n) is 1.76. The molecule has 3 heterocycles. The standard InChI is InChI=1S/C9H7N.C5H9N.C3H3NO/c1-2-6-9-8(4-1)5-3-7-10-9;1-2-4-6-5-3-1;1-2-4-5-3-1/h1-7H;2,4,6H,1,3,5H2;1-3H. The maximum Gasteiger partial charge on any atom is 0.123 e. The van der Waals surface area contributed by atoms with Gasteiger partial charge in [0.05, 0.1) is 11.7 Å². The first-order valence-corrected chi connectivity index (χ1v) is 6.99. The van der Waals surface area contributed by atoms with Crippen LogP contribution in [0.15, 0.2) is 77.9 Å². The maximum atomic E-state index is 4.33. The molecule has 0 aliphatic carbocycles. The predicted octanol–water partition coefficient (Wildman–Crippen LogP) is 3.79. The number of nitrogens with one attached hydrogen (secondary N) is 1. The molecule has 1 aromatic carbocycles. The van der Waals surface area contributed by atoms with E-state index in [2.05, 4.69) is 38.2 Å². The van der Waals surface area contributed by atoms with Crippen LogP contribution >= 0.6 is 0 Å². The summed E-state index contributed by atoms with van der Waals surface area (Å²) in [7, 11) is 0. The van der Waals surface area contributed by atoms with Crippen molar-refractivity contribution >= 4 is 10.9 Å². The molecular weight excluding hydrogens is 262 g/mol. The summed E-state index contributed by atoms with van der Waals surface area (Å²) in [4.78, 5) is 4.18. The van der Waals surface area contributed by atoms with Gasteiger partial charge in [-0.25, -0.2) is 0 Å². The van der Waals surface area contributed by atoms with Gasteiger partial charge in [0.1, 0.15) is 6.26 Å². The Hall–Kier alpha value is -2.62. The Balaban J connectivity index is 0.000000126. The molecule has 4 heteroatoms. The summed E-state index contributed by atoms with van der Waals surface area (Å²) in [6.07, 6.45) is 11.6. The number of rotatable bonds is 0. The second-order valence-electron chi connectivity index (χ2n) is 4.38. The van der Waals surface area contributed by atoms with Crippen LogP contribution in [0.25, 0.3) is 10.9 Å². The molecule has 1 N–H and O–H groups in total. The average molecular weight is 281 g/mol. The lowest BCUT2D eigenvalue weighted by molar-refractivity contribution is 0.420. The third-order valence-corrected chi connectivity index (χ3v) is 2.79. The topological polar surface area (TPSA) is 51.0 Å². The van der Waals surface area contributed by atoms with Crippen LogP contribution in [0.4, 0.5) is 0 Å². The van der Waals surface area contributed by atoms with Gasteiger partial charge in [-0.05, 0) is 37.2 Å². The molecular formula is C17H19N3O. The number of hydrogen-bond donors (Lipinski definition) is 1. The van der Waals surface area contributed by atoms with Crippen molar-refractivity contribution in [3.8, 4) is 0 Å². The molecule has 4 rings (SSSR count). The molecule has 0 saturated heterocycles. The molecule has 4 nitrogen and oxygen atoms in total. The summed E-state index contributed by atoms with van der Waals surface area (Å²) in [5.41, 5.74) is 1.06. The van der Waals surface area contributed by atoms with Crippen LogP contribution in [0.1, 0.15) is 12.8 Å². The molecule has 0 atom stereocenters. The van der Waals surface area contributed by atoms with Crippen molar-refractivity contribution in [1.82, 2.24) is 15.5 Å². The largest absolute Gasteiger partial charge is 0.391 e. The van der Waals surface area contributed by atoms with Crippen molar-refractivity contribution in [1.29, 1.82) is 0 Å². The minimum Gasteiger partial charge on any atom is -0.391 e. The van der Waals surface area contributed by atoms with Gasteiger partial charge in [-0.1, -0.05) is 35.5 Å². The second-order valence-corrected chi connectivity index (χ2v) is 4.38. The van der Waals surface area contributed by atoms with E-state index >= 15 is 0 Å². The van der Waals surface area contributed by atoms with Crippen molar-refractivity contribution < 1.29 is 4.52 Å². The molecule has 3 aromatic rings. The first-order chi connectivity index (χ1) is 10.5. The molecule has 0 spiro atoms. The predicted molar refractivity (Wildman–Crippen MR) is 84.6 cm³/mol. The van der Waals surface area contributed by atoms with Crippen molar-refractivity contribution in [3.05, 3.63) is 73.4 Å². The van der Waals surface area contributed by atoms with E-state index in [0.717, 1.165) is 12.1 Å². The van der Waals surface area contributed by atoms with Crippen molar-refractivity contribution in [2.45, 2.75) is 12.8 Å². The number of pyridine rings is 1. The molecule has 0 amide bonds. The third kappa shape index (κ3) is 5.91. The van der Waals surface area contributed by atoms with Gasteiger partial charge >= 0.3 is 0 Å². The first kappa shape index (κ1) is 14.8. The zero-order chi connectivity index (χ0) is 14.6. The lowest BCUT2D eigenvalue weighted by Gasteiger charge is -2.02. The van der Waals surface area contributed by atoms with Crippen LogP contribution in [0.3, 0.4) is 0 Å². The fraction of sp³-hybridized carbons (Fsp3) is 0.176. The van der Waals surface area contributed by atoms with Gasteiger partial charge < -0.3 is 9.84 Å². The summed E-state index contributed by atoms with van der Waals surface area (Å²) in [5, 5.41) is 7.65. The number of para-hydroxylation sites is 1. The lowest BCUT2D eigenvalue weighted by atomic mass is 10.2. The second kappa shape index (κ2) is 9.31. The smallest absolute Gasteiger partial charge is 0.123 e. The molecule has 21 heavy (non-hydrogen) atoms. The first-order valence-electron chi connectivity index (χ1n) is 6.99. The minimum atomic E-state index is 1.06. The Kier molecular flexibility index (Phi) is 6.55. The van der Waals surface area contributed by atoms with Gasteiger partial charge in [-0.15, -0.1) is 0 Å². The molecule has 1 aliphatic heterocycles. The Bertz CT molecular complexity index is 545. The van der Waals surface area contributed by atoms with Crippen LogP contribution in [0, 0.1) is 0 Å². The SMILES string of the molecule is C1=CNCCC1.c1ccc2ncccc2c1.c1cnoc1. The van der Waals surface area contributed by atoms with Gasteiger partial charge in [0.15, 0.2) is 0 Å². The monoisotopic (exact) mass is 281 g/mol. The molecule has 0 bridgehead atoms. The maximum absolute atomic E-state index is 4.33. The Labute approximate surface area is 124 Å². The van der Waals surface area contributed by atoms with Crippen LogP contribution in [-0.4, -0.2) is 16.7 Å². The zero-order valence-electron chi connectivity index (χ0n) is 11.9. The van der Waals surface area contributed by atoms with Gasteiger partial charge in [0, 0.05) is 18.1 Å². The molecule has 0 saturated carbocycles. The highest BCUT2D eigenvalue weighted by Gasteiger charge is 1.86. The van der Waals surface area contributed by atoms with Crippen LogP contribution in [-0.2, 0) is 0 Å². The summed E-state index contributed by atoms with van der Waals surface area (Å²) in [6.45, 7) is 1.16. The Morgan fingerprint density at radius 2 is 1.90 bits per heavy atom. The van der Waals surface area contributed by atoms with E-state index in [1.54, 1.807) is 12.3 Å². The van der Waals surface area contributed by atoms with E-state index in [0.29, 0.717) is 0 Å². The lowest BCUT2D eigenvalue weighted by Crippen LogP contribution is -2.09. The molecule has 1 aliphatic rings. The number of nitrogens with zero attached hydrogens (tertiary/aromatic N) is 2. The number of aromatic nitrogens is 2. The highest BCUT2D eigenvalue weighted by atomic mass is 16.5. The van der Waals surface area contributed by atoms with Gasteiger partial charge in [0.2, 0.25) is 0 Å². The van der Waals surface area contributed by atoms with E-state index < -0.39 is 0 Å². The minimum absolute atomic E-state index is 1.06. The van der Waals surface area contributed by atoms with E-state index in [4.69, 9.17) is 0 Å². The number of benzene rings is 1. The summed E-state index contributed by atoms with van der Waals surface area (Å²) in [5.74, 6) is 0. The Morgan fingerprint density at radius 1 is 1.00 bits per heavy atom. The van der Waals surface area contributed by atoms with Crippen molar-refractivity contribution in [3.63, 3.8) is 0 Å². The highest BCUT2D eigenvalue weighted by Crippen LogP contribution is 2.07. The van der Waals surface area contributed by atoms with Crippen LogP contribution < -0.4 is 5.32 Å². The van der Waals surface area contributed by atoms with Gasteiger partial charge in [0.25, 0.3) is 0 Å². The summed E-state index contributed by atoms with van der Waals surface area (Å²) in [6, 6.07) is 13.8. The summed E-state index contributed by atoms with van der Waals surface area (Å²) < 4.78 is 4.33. The van der Waals surface area contributed by atoms with Crippen LogP contribution in [0.5, 0.6) is 0 Å². The summed E-state index contributed by atoms with van der Waals surface area (Å²) >= 11 is 0. The van der Waals surface area contributed by atoms with E-state index in [1.807, 2.05) is 36.7 Å². The quantitative estimate of drug-likeness (QED) is 0.681. The molecule has 0 radical (unpaired) electrons. The molecule has 0 unspecified atom stereocenters. The average Bonchev–Trinajstić information content (AvgIpc) is 3.17. The molecule has 0 fully saturated rings. The number of allylic oxidation sites excluding steroid dienone is 1. The third-order valence-electron chi connectivity index (χ3n) is 2.79. The van der Waals surface area contributed by atoms with E-state index in [9.17, 15) is 0 Å². The number of fused-ring (bicyclic) bond motifs is 1. The number of hydrogen-bond acceptors (Lipinski definition) is 4. The van der Waals surface area contributed by atoms with Gasteiger partial charge in [-0.2, -0.15) is 0 Å². The van der Waals surface area contributed by atoms with Gasteiger partial charge in [-0.3, -0.25) is 4.98 Å². The zero-order valence-corrected chi connectivity index (χ0v) is 11.9.